The Bertz CT molecular complexity index is 809. The van der Waals surface area contributed by atoms with Gasteiger partial charge in [0.05, 0.1) is 0 Å². The third kappa shape index (κ3) is 4.82. The van der Waals surface area contributed by atoms with Gasteiger partial charge < -0.3 is 0 Å². The molecule has 0 aliphatic carbocycles. The van der Waals surface area contributed by atoms with Crippen LogP contribution >= 0.6 is 11.8 Å². The maximum absolute atomic E-state index is 14.3. The number of hydrogen-bond donors (Lipinski definition) is 0. The standard InChI is InChI=1S/C22H24F2S/c1-14(2)25-21(19-12-11-18(23)13-20(19)24)15(3)16-7-9-17(10-8-16)22(4,5)6/h7-13H,1H2,2-6H3/b21-15+. The zero-order valence-electron chi connectivity index (χ0n) is 15.4. The molecule has 2 aromatic carbocycles. The van der Waals surface area contributed by atoms with E-state index in [1.54, 1.807) is 0 Å². The molecule has 0 radical (unpaired) electrons. The van der Waals surface area contributed by atoms with E-state index in [1.807, 2.05) is 13.8 Å². The SMILES string of the molecule is C=C(C)S/C(=C(\C)c1ccc(C(C)(C)C)cc1)c1ccc(F)cc1F. The summed E-state index contributed by atoms with van der Waals surface area (Å²) < 4.78 is 27.6. The van der Waals surface area contributed by atoms with Crippen molar-refractivity contribution in [2.24, 2.45) is 0 Å². The van der Waals surface area contributed by atoms with E-state index in [1.165, 1.54) is 29.5 Å². The van der Waals surface area contributed by atoms with Crippen molar-refractivity contribution in [2.45, 2.75) is 40.0 Å². The highest BCUT2D eigenvalue weighted by atomic mass is 32.2. The molecule has 0 aliphatic heterocycles. The first-order valence-corrected chi connectivity index (χ1v) is 9.02. The van der Waals surface area contributed by atoms with Crippen molar-refractivity contribution in [1.29, 1.82) is 0 Å². The molecule has 25 heavy (non-hydrogen) atoms. The normalized spacial score (nSPS) is 12.8. The van der Waals surface area contributed by atoms with Gasteiger partial charge in [-0.05, 0) is 53.0 Å². The molecule has 0 atom stereocenters. The molecule has 0 aliphatic rings. The second kappa shape index (κ2) is 7.57. The van der Waals surface area contributed by atoms with E-state index in [9.17, 15) is 8.78 Å². The van der Waals surface area contributed by atoms with Gasteiger partial charge >= 0.3 is 0 Å². The van der Waals surface area contributed by atoms with Gasteiger partial charge in [0.2, 0.25) is 0 Å². The Hall–Kier alpha value is -1.87. The average molecular weight is 358 g/mol. The van der Waals surface area contributed by atoms with E-state index in [0.717, 1.165) is 27.0 Å². The van der Waals surface area contributed by atoms with E-state index < -0.39 is 11.6 Å². The van der Waals surface area contributed by atoms with Crippen LogP contribution < -0.4 is 0 Å². The van der Waals surface area contributed by atoms with Gasteiger partial charge in [0.15, 0.2) is 0 Å². The van der Waals surface area contributed by atoms with Crippen LogP contribution in [0.5, 0.6) is 0 Å². The molecule has 2 aromatic rings. The van der Waals surface area contributed by atoms with Crippen LogP contribution in [0.15, 0.2) is 53.9 Å². The smallest absolute Gasteiger partial charge is 0.134 e. The van der Waals surface area contributed by atoms with Gasteiger partial charge in [-0.2, -0.15) is 0 Å². The van der Waals surface area contributed by atoms with Crippen molar-refractivity contribution in [3.05, 3.63) is 82.3 Å². The Morgan fingerprint density at radius 3 is 2.04 bits per heavy atom. The second-order valence-electron chi connectivity index (χ2n) is 7.21. The Balaban J connectivity index is 2.56. The number of allylic oxidation sites excluding steroid dienone is 2. The van der Waals surface area contributed by atoms with Crippen molar-refractivity contribution in [2.75, 3.05) is 0 Å². The van der Waals surface area contributed by atoms with Crippen LogP contribution in [0.3, 0.4) is 0 Å². The summed E-state index contributed by atoms with van der Waals surface area (Å²) in [6, 6.07) is 12.0. The minimum Gasteiger partial charge on any atom is -0.207 e. The van der Waals surface area contributed by atoms with Crippen LogP contribution in [-0.4, -0.2) is 0 Å². The summed E-state index contributed by atoms with van der Waals surface area (Å²) in [6.07, 6.45) is 0. The topological polar surface area (TPSA) is 0 Å². The maximum Gasteiger partial charge on any atom is 0.134 e. The second-order valence-corrected chi connectivity index (χ2v) is 8.52. The third-order valence-electron chi connectivity index (χ3n) is 3.98. The fraction of sp³-hybridized carbons (Fsp3) is 0.273. The molecule has 0 aromatic heterocycles. The van der Waals surface area contributed by atoms with E-state index in [4.69, 9.17) is 0 Å². The highest BCUT2D eigenvalue weighted by molar-refractivity contribution is 8.12. The first-order chi connectivity index (χ1) is 11.6. The number of hydrogen-bond acceptors (Lipinski definition) is 1. The predicted molar refractivity (Wildman–Crippen MR) is 106 cm³/mol. The van der Waals surface area contributed by atoms with E-state index >= 15 is 0 Å². The molecule has 0 bridgehead atoms. The van der Waals surface area contributed by atoms with Crippen LogP contribution in [-0.2, 0) is 5.41 Å². The lowest BCUT2D eigenvalue weighted by Crippen LogP contribution is -2.10. The van der Waals surface area contributed by atoms with Crippen molar-refractivity contribution in [3.63, 3.8) is 0 Å². The van der Waals surface area contributed by atoms with Crippen LogP contribution in [0.1, 0.15) is 51.3 Å². The summed E-state index contributed by atoms with van der Waals surface area (Å²) >= 11 is 1.41. The minimum atomic E-state index is -0.576. The molecule has 0 fully saturated rings. The molecular formula is C22H24F2S. The lowest BCUT2D eigenvalue weighted by Gasteiger charge is -2.20. The maximum atomic E-state index is 14.3. The zero-order chi connectivity index (χ0) is 18.8. The predicted octanol–water partition coefficient (Wildman–Crippen LogP) is 7.42. The first kappa shape index (κ1) is 19.5. The fourth-order valence-electron chi connectivity index (χ4n) is 2.53. The van der Waals surface area contributed by atoms with Crippen LogP contribution in [0.25, 0.3) is 10.5 Å². The molecule has 132 valence electrons. The highest BCUT2D eigenvalue weighted by Gasteiger charge is 2.16. The Morgan fingerprint density at radius 1 is 0.960 bits per heavy atom. The van der Waals surface area contributed by atoms with E-state index in [2.05, 4.69) is 51.6 Å². The Kier molecular flexibility index (Phi) is 5.89. The lowest BCUT2D eigenvalue weighted by molar-refractivity contribution is 0.581. The highest BCUT2D eigenvalue weighted by Crippen LogP contribution is 2.40. The number of benzene rings is 2. The molecule has 0 spiro atoms. The number of thioether (sulfide) groups is 1. The van der Waals surface area contributed by atoms with Gasteiger partial charge in [-0.1, -0.05) is 63.4 Å². The molecule has 2 rings (SSSR count). The summed E-state index contributed by atoms with van der Waals surface area (Å²) in [5.41, 5.74) is 3.67. The largest absolute Gasteiger partial charge is 0.207 e. The summed E-state index contributed by atoms with van der Waals surface area (Å²) in [7, 11) is 0. The quantitative estimate of drug-likeness (QED) is 0.512. The molecular weight excluding hydrogens is 334 g/mol. The van der Waals surface area contributed by atoms with Gasteiger partial charge in [-0.3, -0.25) is 0 Å². The van der Waals surface area contributed by atoms with E-state index in [-0.39, 0.29) is 5.41 Å². The summed E-state index contributed by atoms with van der Waals surface area (Å²) in [5, 5.41) is 0. The third-order valence-corrected chi connectivity index (χ3v) is 5.06. The van der Waals surface area contributed by atoms with Crippen molar-refractivity contribution in [1.82, 2.24) is 0 Å². The van der Waals surface area contributed by atoms with E-state index in [0.29, 0.717) is 5.56 Å². The first-order valence-electron chi connectivity index (χ1n) is 8.20. The van der Waals surface area contributed by atoms with Gasteiger partial charge in [0, 0.05) is 16.5 Å². The van der Waals surface area contributed by atoms with Crippen LogP contribution in [0.2, 0.25) is 0 Å². The molecule has 0 nitrogen and oxygen atoms in total. The molecule has 0 amide bonds. The lowest BCUT2D eigenvalue weighted by atomic mass is 9.86. The molecule has 3 heteroatoms. The monoisotopic (exact) mass is 358 g/mol. The molecule has 0 unspecified atom stereocenters. The summed E-state index contributed by atoms with van der Waals surface area (Å²) in [6.45, 7) is 14.3. The zero-order valence-corrected chi connectivity index (χ0v) is 16.2. The van der Waals surface area contributed by atoms with Gasteiger partial charge in [-0.15, -0.1) is 0 Å². The van der Waals surface area contributed by atoms with Crippen molar-refractivity contribution >= 4 is 22.2 Å². The minimum absolute atomic E-state index is 0.0779. The summed E-state index contributed by atoms with van der Waals surface area (Å²) in [5.74, 6) is -1.14. The molecule has 0 N–H and O–H groups in total. The van der Waals surface area contributed by atoms with Gasteiger partial charge in [-0.25, -0.2) is 8.78 Å². The van der Waals surface area contributed by atoms with Crippen molar-refractivity contribution in [3.8, 4) is 0 Å². The molecule has 0 saturated heterocycles. The van der Waals surface area contributed by atoms with Gasteiger partial charge in [0.1, 0.15) is 11.6 Å². The number of halogens is 2. The van der Waals surface area contributed by atoms with Crippen LogP contribution in [0.4, 0.5) is 8.78 Å². The van der Waals surface area contributed by atoms with Gasteiger partial charge in [0.25, 0.3) is 0 Å². The molecule has 0 saturated carbocycles. The van der Waals surface area contributed by atoms with Crippen LogP contribution in [0, 0.1) is 11.6 Å². The number of rotatable bonds is 4. The molecule has 0 heterocycles. The summed E-state index contributed by atoms with van der Waals surface area (Å²) in [4.78, 5) is 1.61. The van der Waals surface area contributed by atoms with Crippen molar-refractivity contribution < 1.29 is 8.78 Å². The average Bonchev–Trinajstić information content (AvgIpc) is 2.51. The fourth-order valence-corrected chi connectivity index (χ4v) is 3.43. The Labute approximate surface area is 153 Å². The Morgan fingerprint density at radius 2 is 1.56 bits per heavy atom.